The Labute approximate surface area is 246 Å². The molecule has 0 spiro atoms. The van der Waals surface area contributed by atoms with E-state index < -0.39 is 0 Å². The lowest BCUT2D eigenvalue weighted by Gasteiger charge is -2.11. The first-order valence-electron chi connectivity index (χ1n) is 14.1. The summed E-state index contributed by atoms with van der Waals surface area (Å²) in [5, 5.41) is 7.14. The number of thiophene rings is 1. The summed E-state index contributed by atoms with van der Waals surface area (Å²) in [6.07, 6.45) is 0. The topological polar surface area (TPSA) is 30.7 Å². The van der Waals surface area contributed by atoms with Gasteiger partial charge in [0.15, 0.2) is 0 Å². The molecule has 42 heavy (non-hydrogen) atoms. The van der Waals surface area contributed by atoms with E-state index in [1.807, 2.05) is 0 Å². The molecule has 9 aromatic rings. The van der Waals surface area contributed by atoms with Gasteiger partial charge in [-0.2, -0.15) is 0 Å². The Hall–Kier alpha value is -5.32. The van der Waals surface area contributed by atoms with Crippen molar-refractivity contribution in [3.8, 4) is 28.3 Å². The summed E-state index contributed by atoms with van der Waals surface area (Å²) in [5.74, 6) is 0.692. The van der Waals surface area contributed by atoms with Crippen LogP contribution in [0, 0.1) is 0 Å². The van der Waals surface area contributed by atoms with E-state index in [4.69, 9.17) is 9.97 Å². The van der Waals surface area contributed by atoms with Crippen LogP contribution in [0.3, 0.4) is 0 Å². The third kappa shape index (κ3) is 3.52. The molecule has 0 N–H and O–H groups in total. The first kappa shape index (κ1) is 23.4. The number of nitrogens with zero attached hydrogens (tertiary/aromatic N) is 3. The van der Waals surface area contributed by atoms with Crippen LogP contribution in [0.4, 0.5) is 0 Å². The van der Waals surface area contributed by atoms with Gasteiger partial charge in [-0.25, -0.2) is 9.97 Å². The predicted octanol–water partition coefficient (Wildman–Crippen LogP) is 10.4. The molecule has 0 radical (unpaired) electrons. The first-order valence-corrected chi connectivity index (χ1v) is 14.9. The van der Waals surface area contributed by atoms with Crippen molar-refractivity contribution in [3.63, 3.8) is 0 Å². The van der Waals surface area contributed by atoms with Crippen molar-refractivity contribution in [3.05, 3.63) is 140 Å². The maximum Gasteiger partial charge on any atom is 0.236 e. The van der Waals surface area contributed by atoms with Crippen LogP contribution in [0.25, 0.3) is 81.2 Å². The van der Waals surface area contributed by atoms with Gasteiger partial charge in [0.1, 0.15) is 4.83 Å². The van der Waals surface area contributed by atoms with Gasteiger partial charge in [-0.05, 0) is 46.2 Å². The van der Waals surface area contributed by atoms with Crippen LogP contribution < -0.4 is 0 Å². The second kappa shape index (κ2) is 9.10. The Morgan fingerprint density at radius 2 is 1.12 bits per heavy atom. The molecule has 6 aromatic carbocycles. The monoisotopic (exact) mass is 553 g/mol. The Morgan fingerprint density at radius 3 is 1.95 bits per heavy atom. The van der Waals surface area contributed by atoms with Crippen LogP contribution in [0.5, 0.6) is 0 Å². The van der Waals surface area contributed by atoms with Crippen LogP contribution >= 0.6 is 11.3 Å². The summed E-state index contributed by atoms with van der Waals surface area (Å²) in [7, 11) is 0. The van der Waals surface area contributed by atoms with Crippen molar-refractivity contribution in [1.29, 1.82) is 0 Å². The Kier molecular flexibility index (Phi) is 5.07. The lowest BCUT2D eigenvalue weighted by atomic mass is 10.0. The van der Waals surface area contributed by atoms with Crippen LogP contribution in [0.1, 0.15) is 0 Å². The highest BCUT2D eigenvalue weighted by Gasteiger charge is 2.20. The van der Waals surface area contributed by atoms with Gasteiger partial charge in [0.25, 0.3) is 0 Å². The van der Waals surface area contributed by atoms with Crippen molar-refractivity contribution in [1.82, 2.24) is 14.5 Å². The molecule has 4 heteroatoms. The van der Waals surface area contributed by atoms with Gasteiger partial charge in [0, 0.05) is 31.8 Å². The molecule has 0 aliphatic carbocycles. The van der Waals surface area contributed by atoms with Crippen molar-refractivity contribution < 1.29 is 0 Å². The molecule has 0 aliphatic rings. The summed E-state index contributed by atoms with van der Waals surface area (Å²) < 4.78 is 3.46. The van der Waals surface area contributed by atoms with Crippen molar-refractivity contribution in [2.75, 3.05) is 0 Å². The van der Waals surface area contributed by atoms with E-state index in [9.17, 15) is 0 Å². The molecular weight excluding hydrogens is 531 g/mol. The molecule has 0 amide bonds. The molecule has 0 fully saturated rings. The van der Waals surface area contributed by atoms with Crippen LogP contribution in [-0.2, 0) is 0 Å². The predicted molar refractivity (Wildman–Crippen MR) is 178 cm³/mol. The van der Waals surface area contributed by atoms with Gasteiger partial charge in [0.2, 0.25) is 5.95 Å². The number of benzene rings is 6. The molecule has 3 aromatic heterocycles. The van der Waals surface area contributed by atoms with Gasteiger partial charge in [-0.3, -0.25) is 4.57 Å². The number of para-hydroxylation sites is 1. The molecule has 0 bridgehead atoms. The van der Waals surface area contributed by atoms with Gasteiger partial charge < -0.3 is 0 Å². The average molecular weight is 554 g/mol. The fourth-order valence-corrected chi connectivity index (χ4v) is 7.31. The minimum Gasteiger partial charge on any atom is -0.278 e. The maximum atomic E-state index is 5.38. The van der Waals surface area contributed by atoms with Gasteiger partial charge in [-0.15, -0.1) is 11.3 Å². The summed E-state index contributed by atoms with van der Waals surface area (Å²) >= 11 is 1.73. The van der Waals surface area contributed by atoms with Crippen LogP contribution in [0.15, 0.2) is 140 Å². The number of hydrogen-bond donors (Lipinski definition) is 0. The summed E-state index contributed by atoms with van der Waals surface area (Å²) in [4.78, 5) is 11.6. The number of rotatable bonds is 3. The quantitative estimate of drug-likeness (QED) is 0.218. The number of aromatic nitrogens is 3. The normalized spacial score (nSPS) is 11.8. The minimum absolute atomic E-state index is 0.692. The van der Waals surface area contributed by atoms with Crippen LogP contribution in [-0.4, -0.2) is 14.5 Å². The molecule has 0 atom stereocenters. The third-order valence-corrected chi connectivity index (χ3v) is 9.30. The molecule has 196 valence electrons. The summed E-state index contributed by atoms with van der Waals surface area (Å²) in [6.45, 7) is 0. The molecule has 0 aliphatic heterocycles. The zero-order chi connectivity index (χ0) is 27.6. The molecule has 0 unspecified atom stereocenters. The molecule has 0 saturated carbocycles. The summed E-state index contributed by atoms with van der Waals surface area (Å²) in [6, 6.07) is 49.5. The third-order valence-electron chi connectivity index (χ3n) is 8.23. The maximum absolute atomic E-state index is 5.38. The largest absolute Gasteiger partial charge is 0.278 e. The SMILES string of the molecule is c1ccc(-c2ccc(-c3nc(-n4c5ccccc5c5cc6ccccc6cc54)nc4sc5ccccc5c34)cc2)cc1. The van der Waals surface area contributed by atoms with Crippen molar-refractivity contribution >= 4 is 64.2 Å². The van der Waals surface area contributed by atoms with E-state index >= 15 is 0 Å². The second-order valence-electron chi connectivity index (χ2n) is 10.7. The van der Waals surface area contributed by atoms with Crippen molar-refractivity contribution in [2.45, 2.75) is 0 Å². The van der Waals surface area contributed by atoms with E-state index in [2.05, 4.69) is 144 Å². The Bertz CT molecular complexity index is 2450. The Morgan fingerprint density at radius 1 is 0.476 bits per heavy atom. The molecule has 3 nitrogen and oxygen atoms in total. The average Bonchev–Trinajstić information content (AvgIpc) is 3.59. The smallest absolute Gasteiger partial charge is 0.236 e. The standard InChI is InChI=1S/C38H23N3S/c1-2-10-24(11-3-1)25-18-20-26(21-19-25)36-35-30-15-7-9-17-34(30)42-37(35)40-38(39-36)41-32-16-8-6-14-29(32)31-22-27-12-4-5-13-28(27)23-33(31)41/h1-23H. The highest BCUT2D eigenvalue weighted by atomic mass is 32.1. The van der Waals surface area contributed by atoms with E-state index in [0.717, 1.165) is 32.5 Å². The van der Waals surface area contributed by atoms with Crippen LogP contribution in [0.2, 0.25) is 0 Å². The van der Waals surface area contributed by atoms with E-state index in [0.29, 0.717) is 5.95 Å². The van der Waals surface area contributed by atoms with Gasteiger partial charge in [-0.1, -0.05) is 115 Å². The van der Waals surface area contributed by atoms with E-state index in [1.165, 1.54) is 42.8 Å². The summed E-state index contributed by atoms with van der Waals surface area (Å²) in [5.41, 5.74) is 6.65. The van der Waals surface area contributed by atoms with Gasteiger partial charge in [0.05, 0.1) is 16.7 Å². The first-order chi connectivity index (χ1) is 20.8. The molecular formula is C38H23N3S. The Balaban J connectivity index is 1.35. The lowest BCUT2D eigenvalue weighted by molar-refractivity contribution is 1.02. The van der Waals surface area contributed by atoms with E-state index in [-0.39, 0.29) is 0 Å². The minimum atomic E-state index is 0.692. The molecule has 9 rings (SSSR count). The highest BCUT2D eigenvalue weighted by molar-refractivity contribution is 7.25. The number of hydrogen-bond acceptors (Lipinski definition) is 3. The molecule has 0 saturated heterocycles. The zero-order valence-corrected chi connectivity index (χ0v) is 23.3. The zero-order valence-electron chi connectivity index (χ0n) is 22.5. The molecule has 3 heterocycles. The fraction of sp³-hybridized carbons (Fsp3) is 0. The highest BCUT2D eigenvalue weighted by Crippen LogP contribution is 2.40. The lowest BCUT2D eigenvalue weighted by Crippen LogP contribution is -2.02. The fourth-order valence-electron chi connectivity index (χ4n) is 6.24. The second-order valence-corrected chi connectivity index (χ2v) is 11.7. The van der Waals surface area contributed by atoms with E-state index in [1.54, 1.807) is 11.3 Å². The van der Waals surface area contributed by atoms with Crippen molar-refractivity contribution in [2.24, 2.45) is 0 Å². The number of fused-ring (bicyclic) bond motifs is 7. The van der Waals surface area contributed by atoms with Gasteiger partial charge >= 0.3 is 0 Å².